The van der Waals surface area contributed by atoms with Gasteiger partial charge in [-0.1, -0.05) is 60.7 Å². The zero-order chi connectivity index (χ0) is 18.6. The second kappa shape index (κ2) is 7.67. The molecule has 4 rings (SSSR count). The van der Waals surface area contributed by atoms with Crippen LogP contribution in [-0.4, -0.2) is 17.1 Å². The molecule has 0 saturated carbocycles. The normalized spacial score (nSPS) is 13.8. The Kier molecular flexibility index (Phi) is 4.93. The van der Waals surface area contributed by atoms with Gasteiger partial charge < -0.3 is 9.30 Å². The summed E-state index contributed by atoms with van der Waals surface area (Å²) in [5, 5.41) is 0. The maximum Gasteiger partial charge on any atom is 0.339 e. The van der Waals surface area contributed by atoms with Crippen LogP contribution in [0.25, 0.3) is 11.1 Å². The number of esters is 1. The van der Waals surface area contributed by atoms with Crippen LogP contribution in [0.2, 0.25) is 0 Å². The first-order chi connectivity index (χ1) is 13.3. The van der Waals surface area contributed by atoms with Crippen LogP contribution in [0.1, 0.15) is 35.9 Å². The molecule has 0 amide bonds. The molecule has 0 radical (unpaired) electrons. The minimum atomic E-state index is -0.281. The number of fused-ring (bicyclic) bond motifs is 1. The van der Waals surface area contributed by atoms with Gasteiger partial charge in [-0.25, -0.2) is 4.79 Å². The summed E-state index contributed by atoms with van der Waals surface area (Å²) in [6.07, 6.45) is 2.23. The first-order valence-corrected chi connectivity index (χ1v) is 9.50. The third kappa shape index (κ3) is 3.33. The highest BCUT2D eigenvalue weighted by Gasteiger charge is 2.25. The van der Waals surface area contributed by atoms with Gasteiger partial charge in [0.2, 0.25) is 0 Å². The lowest BCUT2D eigenvalue weighted by Crippen LogP contribution is -2.11. The van der Waals surface area contributed by atoms with Crippen molar-refractivity contribution in [1.29, 1.82) is 0 Å². The van der Waals surface area contributed by atoms with E-state index in [2.05, 4.69) is 28.8 Å². The van der Waals surface area contributed by atoms with Gasteiger partial charge in [-0.3, -0.25) is 0 Å². The van der Waals surface area contributed by atoms with Gasteiger partial charge in [-0.05, 0) is 43.0 Å². The Balaban J connectivity index is 2.02. The van der Waals surface area contributed by atoms with E-state index in [-0.39, 0.29) is 5.97 Å². The number of aromatic nitrogens is 1. The highest BCUT2D eigenvalue weighted by Crippen LogP contribution is 2.35. The average molecular weight is 357 g/mol. The Morgan fingerprint density at radius 3 is 2.26 bits per heavy atom. The van der Waals surface area contributed by atoms with Gasteiger partial charge in [0.1, 0.15) is 0 Å². The van der Waals surface area contributed by atoms with Gasteiger partial charge >= 0.3 is 5.97 Å². The summed E-state index contributed by atoms with van der Waals surface area (Å²) in [5.74, 6) is -0.281. The summed E-state index contributed by atoms with van der Waals surface area (Å²) in [7, 11) is 0. The van der Waals surface area contributed by atoms with E-state index in [9.17, 15) is 4.79 Å². The number of benzene rings is 2. The lowest BCUT2D eigenvalue weighted by molar-refractivity contribution is -0.136. The summed E-state index contributed by atoms with van der Waals surface area (Å²) in [5.41, 5.74) is 5.88. The Morgan fingerprint density at radius 1 is 0.926 bits per heavy atom. The summed E-state index contributed by atoms with van der Waals surface area (Å²) in [6.45, 7) is 3.18. The molecule has 1 aliphatic rings. The molecule has 3 nitrogen and oxygen atoms in total. The van der Waals surface area contributed by atoms with Crippen LogP contribution >= 0.6 is 0 Å². The minimum Gasteiger partial charge on any atom is -0.462 e. The van der Waals surface area contributed by atoms with Crippen molar-refractivity contribution in [3.8, 4) is 0 Å². The van der Waals surface area contributed by atoms with Crippen molar-refractivity contribution in [3.05, 3.63) is 95.3 Å². The fraction of sp³-hybridized carbons (Fsp3) is 0.208. The molecule has 3 heteroatoms. The number of ether oxygens (including phenoxy) is 1. The Labute approximate surface area is 159 Å². The van der Waals surface area contributed by atoms with Crippen molar-refractivity contribution in [1.82, 2.24) is 4.57 Å². The number of carbonyl (C=O) groups is 1. The Morgan fingerprint density at radius 2 is 1.59 bits per heavy atom. The molecule has 0 aliphatic carbocycles. The van der Waals surface area contributed by atoms with Crippen LogP contribution in [0, 0.1) is 0 Å². The molecule has 27 heavy (non-hydrogen) atoms. The quantitative estimate of drug-likeness (QED) is 0.367. The van der Waals surface area contributed by atoms with Crippen LogP contribution in [-0.2, 0) is 22.5 Å². The van der Waals surface area contributed by atoms with Crippen LogP contribution in [0.3, 0.4) is 0 Å². The van der Waals surface area contributed by atoms with Crippen molar-refractivity contribution < 1.29 is 9.53 Å². The summed E-state index contributed by atoms with van der Waals surface area (Å²) < 4.78 is 7.81. The fourth-order valence-corrected chi connectivity index (χ4v) is 3.83. The fourth-order valence-electron chi connectivity index (χ4n) is 3.83. The van der Waals surface area contributed by atoms with Gasteiger partial charge in [-0.15, -0.1) is 0 Å². The molecule has 136 valence electrons. The van der Waals surface area contributed by atoms with Crippen LogP contribution < -0.4 is 0 Å². The number of nitrogens with zero attached hydrogens (tertiary/aromatic N) is 1. The standard InChI is InChI=1S/C24H23NO2/c1-2-27-24(26)23(19-12-7-4-8-13-19)22(18-10-5-3-6-11-18)21-16-15-20-14-9-17-25(20)21/h3-8,10-13,15-16H,2,9,14,17H2,1H3. The SMILES string of the molecule is CCOC(=O)C(=C(c1ccccc1)c1ccc2n1CCC2)c1ccccc1. The summed E-state index contributed by atoms with van der Waals surface area (Å²) >= 11 is 0. The smallest absolute Gasteiger partial charge is 0.339 e. The molecule has 1 aliphatic heterocycles. The first-order valence-electron chi connectivity index (χ1n) is 9.50. The molecule has 0 saturated heterocycles. The third-order valence-corrected chi connectivity index (χ3v) is 5.00. The maximum atomic E-state index is 13.1. The van der Waals surface area contributed by atoms with E-state index in [1.54, 1.807) is 0 Å². The number of rotatable bonds is 5. The minimum absolute atomic E-state index is 0.281. The molecule has 0 bridgehead atoms. The Hall–Kier alpha value is -3.07. The molecular formula is C24H23NO2. The summed E-state index contributed by atoms with van der Waals surface area (Å²) in [6, 6.07) is 24.3. The predicted octanol–water partition coefficient (Wildman–Crippen LogP) is 4.96. The van der Waals surface area contributed by atoms with Crippen LogP contribution in [0.5, 0.6) is 0 Å². The molecule has 0 fully saturated rings. The molecule has 0 atom stereocenters. The molecule has 0 N–H and O–H groups in total. The second-order valence-electron chi connectivity index (χ2n) is 6.67. The molecular weight excluding hydrogens is 334 g/mol. The molecule has 0 unspecified atom stereocenters. The zero-order valence-corrected chi connectivity index (χ0v) is 15.5. The van der Waals surface area contributed by atoms with Crippen molar-refractivity contribution in [3.63, 3.8) is 0 Å². The van der Waals surface area contributed by atoms with Crippen LogP contribution in [0.4, 0.5) is 0 Å². The van der Waals surface area contributed by atoms with Crippen molar-refractivity contribution >= 4 is 17.1 Å². The third-order valence-electron chi connectivity index (χ3n) is 5.00. The van der Waals surface area contributed by atoms with Gasteiger partial charge in [0.15, 0.2) is 0 Å². The van der Waals surface area contributed by atoms with Crippen molar-refractivity contribution in [2.75, 3.05) is 6.61 Å². The second-order valence-corrected chi connectivity index (χ2v) is 6.67. The number of hydrogen-bond acceptors (Lipinski definition) is 2. The van der Waals surface area contributed by atoms with E-state index in [1.165, 1.54) is 5.69 Å². The number of aryl methyl sites for hydroxylation is 1. The van der Waals surface area contributed by atoms with E-state index in [1.807, 2.05) is 55.5 Å². The Bertz CT molecular complexity index is 968. The monoisotopic (exact) mass is 357 g/mol. The number of hydrogen-bond donors (Lipinski definition) is 0. The first kappa shape index (κ1) is 17.3. The van der Waals surface area contributed by atoms with E-state index < -0.39 is 0 Å². The van der Waals surface area contributed by atoms with E-state index in [0.717, 1.165) is 41.8 Å². The van der Waals surface area contributed by atoms with Gasteiger partial charge in [0, 0.05) is 23.5 Å². The van der Waals surface area contributed by atoms with E-state index >= 15 is 0 Å². The highest BCUT2D eigenvalue weighted by molar-refractivity contribution is 6.26. The van der Waals surface area contributed by atoms with Crippen molar-refractivity contribution in [2.24, 2.45) is 0 Å². The zero-order valence-electron chi connectivity index (χ0n) is 15.5. The molecule has 0 spiro atoms. The molecule has 3 aromatic rings. The highest BCUT2D eigenvalue weighted by atomic mass is 16.5. The average Bonchev–Trinajstić information content (AvgIpc) is 3.32. The largest absolute Gasteiger partial charge is 0.462 e. The molecule has 2 heterocycles. The number of carbonyl (C=O) groups excluding carboxylic acids is 1. The maximum absolute atomic E-state index is 13.1. The predicted molar refractivity (Wildman–Crippen MR) is 108 cm³/mol. The lowest BCUT2D eigenvalue weighted by atomic mass is 9.92. The topological polar surface area (TPSA) is 31.2 Å². The van der Waals surface area contributed by atoms with Crippen molar-refractivity contribution in [2.45, 2.75) is 26.3 Å². The van der Waals surface area contributed by atoms with E-state index in [4.69, 9.17) is 4.74 Å². The molecule has 2 aromatic carbocycles. The van der Waals surface area contributed by atoms with Gasteiger partial charge in [0.05, 0.1) is 12.2 Å². The molecule has 1 aromatic heterocycles. The van der Waals surface area contributed by atoms with E-state index in [0.29, 0.717) is 12.2 Å². The van der Waals surface area contributed by atoms with Gasteiger partial charge in [-0.2, -0.15) is 0 Å². The summed E-state index contributed by atoms with van der Waals surface area (Å²) in [4.78, 5) is 13.1. The lowest BCUT2D eigenvalue weighted by Gasteiger charge is -2.17. The van der Waals surface area contributed by atoms with Gasteiger partial charge in [0.25, 0.3) is 0 Å². The van der Waals surface area contributed by atoms with Crippen LogP contribution in [0.15, 0.2) is 72.8 Å².